The fourth-order valence-corrected chi connectivity index (χ4v) is 0.990. The zero-order valence-electron chi connectivity index (χ0n) is 8.93. The predicted octanol–water partition coefficient (Wildman–Crippen LogP) is 1.38. The molecule has 0 fully saturated rings. The second kappa shape index (κ2) is 5.45. The molecule has 1 amide bonds. The summed E-state index contributed by atoms with van der Waals surface area (Å²) < 4.78 is 0.428. The van der Waals surface area contributed by atoms with E-state index >= 15 is 0 Å². The monoisotopic (exact) mass is 207 g/mol. The average molecular weight is 208 g/mol. The first-order chi connectivity index (χ1) is 5.83. The average Bonchev–Trinajstić information content (AvgIpc) is 1.95. The number of carbonyl (C=O) groups is 1. The van der Waals surface area contributed by atoms with Crippen molar-refractivity contribution in [1.82, 2.24) is 5.32 Å². The number of carbonyl (C=O) groups excluding carboxylic acids is 1. The third-order valence-corrected chi connectivity index (χ3v) is 1.86. The maximum atomic E-state index is 11.1. The van der Waals surface area contributed by atoms with Gasteiger partial charge in [0.15, 0.2) is 11.8 Å². The van der Waals surface area contributed by atoms with Gasteiger partial charge in [0.1, 0.15) is 0 Å². The van der Waals surface area contributed by atoms with Crippen LogP contribution in [0.5, 0.6) is 0 Å². The van der Waals surface area contributed by atoms with Gasteiger partial charge in [0.05, 0.1) is 20.6 Å². The van der Waals surface area contributed by atoms with Gasteiger partial charge in [-0.1, -0.05) is 13.8 Å². The lowest BCUT2D eigenvalue weighted by Crippen LogP contribution is -2.34. The van der Waals surface area contributed by atoms with E-state index in [1.165, 1.54) is 0 Å². The van der Waals surface area contributed by atoms with Crippen LogP contribution < -0.4 is 5.32 Å². The zero-order valence-corrected chi connectivity index (χ0v) is 9.69. The van der Waals surface area contributed by atoms with Crippen LogP contribution in [-0.2, 0) is 4.79 Å². The molecular formula is C9H20ClN2O+. The van der Waals surface area contributed by atoms with Crippen LogP contribution in [-0.4, -0.2) is 37.1 Å². The third-order valence-electron chi connectivity index (χ3n) is 1.69. The van der Waals surface area contributed by atoms with Crippen LogP contribution in [0.3, 0.4) is 0 Å². The summed E-state index contributed by atoms with van der Waals surface area (Å²) in [4.78, 5) is 11.1. The Balaban J connectivity index is 3.42. The maximum Gasteiger partial charge on any atom is 0.222 e. The van der Waals surface area contributed by atoms with Crippen molar-refractivity contribution in [3.8, 4) is 0 Å². The summed E-state index contributed by atoms with van der Waals surface area (Å²) in [7, 11) is 3.84. The Labute approximate surface area is 85.8 Å². The third kappa shape index (κ3) is 8.06. The molecule has 3 nitrogen and oxygen atoms in total. The van der Waals surface area contributed by atoms with Gasteiger partial charge in [-0.2, -0.15) is 0 Å². The summed E-state index contributed by atoms with van der Waals surface area (Å²) in [5, 5.41) is 2.85. The number of amides is 1. The van der Waals surface area contributed by atoms with Crippen molar-refractivity contribution in [3.63, 3.8) is 0 Å². The standard InChI is InChI=1S/C9H19ClN2O/c1-8(2)9(13)11-6-5-7-12(3,4)10/h8H,5-7H2,1-4H3/p+1. The Bertz CT molecular complexity index is 163. The normalized spacial score (nSPS) is 11.8. The molecule has 0 aromatic carbocycles. The highest BCUT2D eigenvalue weighted by Gasteiger charge is 2.11. The molecule has 0 saturated heterocycles. The van der Waals surface area contributed by atoms with Crippen LogP contribution in [0.15, 0.2) is 0 Å². The first-order valence-corrected chi connectivity index (χ1v) is 4.97. The summed E-state index contributed by atoms with van der Waals surface area (Å²) in [6.07, 6.45) is 0.912. The predicted molar refractivity (Wildman–Crippen MR) is 55.3 cm³/mol. The van der Waals surface area contributed by atoms with Gasteiger partial charge in [-0.05, 0) is 0 Å². The summed E-state index contributed by atoms with van der Waals surface area (Å²) in [5.74, 6) is 0.179. The van der Waals surface area contributed by atoms with Crippen molar-refractivity contribution in [2.24, 2.45) is 5.92 Å². The molecule has 1 N–H and O–H groups in total. The van der Waals surface area contributed by atoms with Gasteiger partial charge < -0.3 is 5.32 Å². The lowest BCUT2D eigenvalue weighted by Gasteiger charge is -2.18. The van der Waals surface area contributed by atoms with Gasteiger partial charge in [-0.3, -0.25) is 4.79 Å². The highest BCUT2D eigenvalue weighted by molar-refractivity contribution is 6.06. The van der Waals surface area contributed by atoms with E-state index in [9.17, 15) is 4.79 Å². The fourth-order valence-electron chi connectivity index (χ4n) is 0.871. The van der Waals surface area contributed by atoms with Crippen LogP contribution in [0, 0.1) is 5.92 Å². The van der Waals surface area contributed by atoms with E-state index in [1.54, 1.807) is 0 Å². The van der Waals surface area contributed by atoms with E-state index in [4.69, 9.17) is 11.8 Å². The number of nitrogens with one attached hydrogen (secondary N) is 1. The van der Waals surface area contributed by atoms with Crippen molar-refractivity contribution in [3.05, 3.63) is 0 Å². The second-order valence-electron chi connectivity index (χ2n) is 4.06. The molecule has 0 aliphatic heterocycles. The summed E-state index contributed by atoms with van der Waals surface area (Å²) in [6, 6.07) is 0. The van der Waals surface area contributed by atoms with Gasteiger partial charge in [-0.15, -0.1) is 0 Å². The Morgan fingerprint density at radius 1 is 1.46 bits per heavy atom. The molecule has 0 atom stereocenters. The molecule has 0 aliphatic carbocycles. The number of hydrogen-bond acceptors (Lipinski definition) is 1. The molecular weight excluding hydrogens is 188 g/mol. The molecule has 0 radical (unpaired) electrons. The Morgan fingerprint density at radius 3 is 2.38 bits per heavy atom. The minimum atomic E-state index is 0.0681. The van der Waals surface area contributed by atoms with Crippen molar-refractivity contribution < 1.29 is 8.80 Å². The summed E-state index contributed by atoms with van der Waals surface area (Å²) in [5.41, 5.74) is 0. The first-order valence-electron chi connectivity index (χ1n) is 4.63. The quantitative estimate of drug-likeness (QED) is 0.536. The second-order valence-corrected chi connectivity index (χ2v) is 4.98. The number of quaternary nitrogens is 1. The molecule has 0 aromatic rings. The van der Waals surface area contributed by atoms with E-state index in [1.807, 2.05) is 27.9 Å². The molecule has 0 aromatic heterocycles. The molecule has 0 bridgehead atoms. The lowest BCUT2D eigenvalue weighted by atomic mass is 10.2. The largest absolute Gasteiger partial charge is 0.356 e. The highest BCUT2D eigenvalue weighted by atomic mass is 35.5. The van der Waals surface area contributed by atoms with Crippen LogP contribution in [0.4, 0.5) is 0 Å². The van der Waals surface area contributed by atoms with Crippen molar-refractivity contribution >= 4 is 17.7 Å². The summed E-state index contributed by atoms with van der Waals surface area (Å²) >= 11 is 5.94. The lowest BCUT2D eigenvalue weighted by molar-refractivity contribution is -0.771. The van der Waals surface area contributed by atoms with Gasteiger partial charge >= 0.3 is 0 Å². The van der Waals surface area contributed by atoms with E-state index in [-0.39, 0.29) is 11.8 Å². The van der Waals surface area contributed by atoms with Gasteiger partial charge in [0, 0.05) is 18.9 Å². The number of rotatable bonds is 5. The van der Waals surface area contributed by atoms with E-state index < -0.39 is 0 Å². The van der Waals surface area contributed by atoms with Crippen LogP contribution in [0.25, 0.3) is 0 Å². The molecule has 0 saturated carbocycles. The fraction of sp³-hybridized carbons (Fsp3) is 0.889. The number of hydrogen-bond donors (Lipinski definition) is 1. The number of nitrogens with zero attached hydrogens (tertiary/aromatic N) is 1. The highest BCUT2D eigenvalue weighted by Crippen LogP contribution is 2.02. The van der Waals surface area contributed by atoms with Crippen LogP contribution >= 0.6 is 11.8 Å². The van der Waals surface area contributed by atoms with E-state index in [2.05, 4.69) is 5.32 Å². The molecule has 78 valence electrons. The van der Waals surface area contributed by atoms with E-state index in [0.717, 1.165) is 13.0 Å². The maximum absolute atomic E-state index is 11.1. The Kier molecular flexibility index (Phi) is 5.33. The molecule has 0 aliphatic rings. The minimum absolute atomic E-state index is 0.0681. The zero-order chi connectivity index (χ0) is 10.5. The summed E-state index contributed by atoms with van der Waals surface area (Å²) in [6.45, 7) is 5.35. The molecule has 4 heteroatoms. The Morgan fingerprint density at radius 2 is 2.00 bits per heavy atom. The molecule has 0 rings (SSSR count). The van der Waals surface area contributed by atoms with Crippen molar-refractivity contribution in [2.75, 3.05) is 27.2 Å². The molecule has 0 unspecified atom stereocenters. The molecule has 0 spiro atoms. The SMILES string of the molecule is CC(C)C(=O)NCCC[N+](C)(C)Cl. The molecule has 13 heavy (non-hydrogen) atoms. The van der Waals surface area contributed by atoms with Crippen molar-refractivity contribution in [1.29, 1.82) is 0 Å². The van der Waals surface area contributed by atoms with Gasteiger partial charge in [0.25, 0.3) is 0 Å². The van der Waals surface area contributed by atoms with Crippen LogP contribution in [0.2, 0.25) is 0 Å². The van der Waals surface area contributed by atoms with Crippen molar-refractivity contribution in [2.45, 2.75) is 20.3 Å². The topological polar surface area (TPSA) is 29.1 Å². The smallest absolute Gasteiger partial charge is 0.222 e. The number of halogens is 1. The Hall–Kier alpha value is -0.280. The molecule has 0 heterocycles. The minimum Gasteiger partial charge on any atom is -0.356 e. The van der Waals surface area contributed by atoms with E-state index in [0.29, 0.717) is 10.5 Å². The van der Waals surface area contributed by atoms with Crippen LogP contribution in [0.1, 0.15) is 20.3 Å². The van der Waals surface area contributed by atoms with Gasteiger partial charge in [0.2, 0.25) is 5.91 Å². The first kappa shape index (κ1) is 12.7. The van der Waals surface area contributed by atoms with Gasteiger partial charge in [-0.25, -0.2) is 4.00 Å².